The smallest absolute Gasteiger partial charge is 0.0463 e. The van der Waals surface area contributed by atoms with Crippen molar-refractivity contribution in [1.29, 1.82) is 0 Å². The van der Waals surface area contributed by atoms with Gasteiger partial charge in [0, 0.05) is 35.5 Å². The predicted molar refractivity (Wildman–Crippen MR) is 173 cm³/mol. The number of anilines is 5. The van der Waals surface area contributed by atoms with Crippen LogP contribution >= 0.6 is 0 Å². The minimum Gasteiger partial charge on any atom is -0.345 e. The van der Waals surface area contributed by atoms with Crippen molar-refractivity contribution in [3.63, 3.8) is 0 Å². The fourth-order valence-electron chi connectivity index (χ4n) is 4.70. The highest BCUT2D eigenvalue weighted by molar-refractivity contribution is 5.78. The summed E-state index contributed by atoms with van der Waals surface area (Å²) in [5.74, 6) is 0. The van der Waals surface area contributed by atoms with E-state index in [1.54, 1.807) is 0 Å². The maximum Gasteiger partial charge on any atom is 0.0463 e. The quantitative estimate of drug-likeness (QED) is 0.170. The van der Waals surface area contributed by atoms with Gasteiger partial charge in [0.2, 0.25) is 0 Å². The maximum absolute atomic E-state index is 3.98. The molecule has 0 radical (unpaired) electrons. The summed E-state index contributed by atoms with van der Waals surface area (Å²) in [6, 6.07) is 48.8. The van der Waals surface area contributed by atoms with Crippen molar-refractivity contribution in [1.82, 2.24) is 0 Å². The second kappa shape index (κ2) is 13.1. The van der Waals surface area contributed by atoms with Crippen LogP contribution < -0.4 is 9.80 Å². The van der Waals surface area contributed by atoms with E-state index in [-0.39, 0.29) is 0 Å². The number of para-hydroxylation sites is 2. The lowest BCUT2D eigenvalue weighted by Crippen LogP contribution is -2.11. The molecule has 0 N–H and O–H groups in total. The second-order valence-electron chi connectivity index (χ2n) is 9.64. The summed E-state index contributed by atoms with van der Waals surface area (Å²) < 4.78 is 0. The molecule has 0 saturated carbocycles. The van der Waals surface area contributed by atoms with Crippen LogP contribution in [0.2, 0.25) is 0 Å². The molecule has 0 fully saturated rings. The molecule has 0 bridgehead atoms. The third kappa shape index (κ3) is 6.67. The Morgan fingerprint density at radius 2 is 1.02 bits per heavy atom. The Morgan fingerprint density at radius 3 is 1.55 bits per heavy atom. The Kier molecular flexibility index (Phi) is 8.70. The standard InChI is InChI=1S/C38H34N2/c1-3-31(30-33-14-7-4-8-15-33)16-13-17-32-22-24-34(25-23-32)39(2)35-26-28-38(29-27-35)40(36-18-9-5-10-19-36)37-20-11-6-12-21-37/h3-29H,1,30H2,2H3/b17-13+,31-16+. The number of nitrogens with zero attached hydrogens (tertiary/aromatic N) is 2. The molecule has 5 rings (SSSR count). The lowest BCUT2D eigenvalue weighted by Gasteiger charge is -2.26. The molecule has 40 heavy (non-hydrogen) atoms. The van der Waals surface area contributed by atoms with Crippen molar-refractivity contribution in [3.8, 4) is 0 Å². The summed E-state index contributed by atoms with van der Waals surface area (Å²) in [6.07, 6.45) is 9.18. The van der Waals surface area contributed by atoms with Gasteiger partial charge in [-0.1, -0.05) is 110 Å². The van der Waals surface area contributed by atoms with E-state index in [0.717, 1.165) is 40.4 Å². The average molecular weight is 519 g/mol. The van der Waals surface area contributed by atoms with Crippen LogP contribution in [-0.4, -0.2) is 7.05 Å². The van der Waals surface area contributed by atoms with Crippen LogP contribution in [0.4, 0.5) is 28.4 Å². The Morgan fingerprint density at radius 1 is 0.575 bits per heavy atom. The largest absolute Gasteiger partial charge is 0.345 e. The molecule has 0 spiro atoms. The third-order valence-electron chi connectivity index (χ3n) is 6.92. The molecule has 0 amide bonds. The fourth-order valence-corrected chi connectivity index (χ4v) is 4.70. The van der Waals surface area contributed by atoms with Gasteiger partial charge >= 0.3 is 0 Å². The highest BCUT2D eigenvalue weighted by Gasteiger charge is 2.12. The molecule has 0 heterocycles. The normalized spacial score (nSPS) is 11.4. The van der Waals surface area contributed by atoms with Gasteiger partial charge in [-0.25, -0.2) is 0 Å². The molecule has 0 saturated heterocycles. The first kappa shape index (κ1) is 26.5. The minimum absolute atomic E-state index is 0.881. The van der Waals surface area contributed by atoms with Crippen LogP contribution in [0.5, 0.6) is 0 Å². The van der Waals surface area contributed by atoms with Crippen LogP contribution in [0.3, 0.4) is 0 Å². The Balaban J connectivity index is 1.28. The van der Waals surface area contributed by atoms with Crippen LogP contribution in [0.15, 0.2) is 170 Å². The highest BCUT2D eigenvalue weighted by atomic mass is 15.1. The molecule has 0 aliphatic heterocycles. The van der Waals surface area contributed by atoms with E-state index in [1.807, 2.05) is 24.3 Å². The number of rotatable bonds is 10. The molecule has 0 unspecified atom stereocenters. The van der Waals surface area contributed by atoms with Crippen molar-refractivity contribution in [2.45, 2.75) is 6.42 Å². The molecule has 0 aromatic heterocycles. The van der Waals surface area contributed by atoms with E-state index in [9.17, 15) is 0 Å². The van der Waals surface area contributed by atoms with Gasteiger partial charge in [-0.3, -0.25) is 0 Å². The monoisotopic (exact) mass is 518 g/mol. The highest BCUT2D eigenvalue weighted by Crippen LogP contribution is 2.35. The Labute approximate surface area is 238 Å². The van der Waals surface area contributed by atoms with Gasteiger partial charge in [-0.15, -0.1) is 0 Å². The van der Waals surface area contributed by atoms with E-state index < -0.39 is 0 Å². The molecule has 0 aliphatic carbocycles. The summed E-state index contributed by atoms with van der Waals surface area (Å²) in [5.41, 5.74) is 9.30. The summed E-state index contributed by atoms with van der Waals surface area (Å²) in [7, 11) is 2.11. The minimum atomic E-state index is 0.881. The van der Waals surface area contributed by atoms with Gasteiger partial charge in [0.25, 0.3) is 0 Å². The van der Waals surface area contributed by atoms with Gasteiger partial charge in [0.05, 0.1) is 0 Å². The molecule has 2 nitrogen and oxygen atoms in total. The van der Waals surface area contributed by atoms with Crippen LogP contribution in [0.25, 0.3) is 6.08 Å². The molecular weight excluding hydrogens is 484 g/mol. The van der Waals surface area contributed by atoms with Gasteiger partial charge in [-0.2, -0.15) is 0 Å². The van der Waals surface area contributed by atoms with E-state index in [0.29, 0.717) is 0 Å². The zero-order chi connectivity index (χ0) is 27.6. The first-order valence-electron chi connectivity index (χ1n) is 13.6. The van der Waals surface area contributed by atoms with Crippen LogP contribution in [0, 0.1) is 0 Å². The lowest BCUT2D eigenvalue weighted by atomic mass is 10.0. The van der Waals surface area contributed by atoms with Crippen molar-refractivity contribution in [2.24, 2.45) is 0 Å². The van der Waals surface area contributed by atoms with Crippen molar-refractivity contribution in [3.05, 3.63) is 181 Å². The number of benzene rings is 5. The molecule has 0 atom stereocenters. The van der Waals surface area contributed by atoms with Gasteiger partial charge < -0.3 is 9.80 Å². The molecule has 196 valence electrons. The second-order valence-corrected chi connectivity index (χ2v) is 9.64. The average Bonchev–Trinajstić information content (AvgIpc) is 3.02. The Hall–Kier alpha value is -5.08. The van der Waals surface area contributed by atoms with Crippen molar-refractivity contribution >= 4 is 34.5 Å². The SMILES string of the molecule is C=C/C(=C\C=C\c1ccc(N(C)c2ccc(N(c3ccccc3)c3ccccc3)cc2)cc1)Cc1ccccc1. The van der Waals surface area contributed by atoms with Crippen molar-refractivity contribution < 1.29 is 0 Å². The zero-order valence-corrected chi connectivity index (χ0v) is 22.9. The summed E-state index contributed by atoms with van der Waals surface area (Å²) >= 11 is 0. The van der Waals surface area contributed by atoms with Crippen LogP contribution in [0.1, 0.15) is 11.1 Å². The maximum atomic E-state index is 3.98. The van der Waals surface area contributed by atoms with E-state index in [2.05, 4.69) is 163 Å². The van der Waals surface area contributed by atoms with E-state index in [4.69, 9.17) is 0 Å². The molecule has 2 heteroatoms. The van der Waals surface area contributed by atoms with Gasteiger partial charge in [-0.05, 0) is 83.8 Å². The summed E-state index contributed by atoms with van der Waals surface area (Å²) in [5, 5.41) is 0. The van der Waals surface area contributed by atoms with Gasteiger partial charge in [0.1, 0.15) is 0 Å². The number of allylic oxidation sites excluding steroid dienone is 4. The molecule has 5 aromatic carbocycles. The summed E-state index contributed by atoms with van der Waals surface area (Å²) in [6.45, 7) is 3.98. The molecule has 0 aliphatic rings. The number of hydrogen-bond donors (Lipinski definition) is 0. The third-order valence-corrected chi connectivity index (χ3v) is 6.92. The first-order valence-corrected chi connectivity index (χ1v) is 13.6. The first-order chi connectivity index (χ1) is 19.7. The molecular formula is C38H34N2. The van der Waals surface area contributed by atoms with Crippen LogP contribution in [-0.2, 0) is 6.42 Å². The molecule has 5 aromatic rings. The van der Waals surface area contributed by atoms with Crippen molar-refractivity contribution in [2.75, 3.05) is 16.8 Å². The topological polar surface area (TPSA) is 6.48 Å². The predicted octanol–water partition coefficient (Wildman–Crippen LogP) is 10.3. The van der Waals surface area contributed by atoms with E-state index in [1.165, 1.54) is 11.1 Å². The fraction of sp³-hybridized carbons (Fsp3) is 0.0526. The summed E-state index contributed by atoms with van der Waals surface area (Å²) in [4.78, 5) is 4.49. The van der Waals surface area contributed by atoms with Gasteiger partial charge in [0.15, 0.2) is 0 Å². The lowest BCUT2D eigenvalue weighted by molar-refractivity contribution is 1.20. The zero-order valence-electron chi connectivity index (χ0n) is 22.9. The van der Waals surface area contributed by atoms with E-state index >= 15 is 0 Å². The number of hydrogen-bond acceptors (Lipinski definition) is 2. The Bertz CT molecular complexity index is 1510.